The number of nitrogens with zero attached hydrogens (tertiary/aromatic N) is 3. The molecule has 7 heteroatoms. The summed E-state index contributed by atoms with van der Waals surface area (Å²) >= 11 is 0. The quantitative estimate of drug-likeness (QED) is 0.556. The molecular formula is C21H18FN5O. The summed E-state index contributed by atoms with van der Waals surface area (Å²) in [4.78, 5) is 16.8. The third-order valence-electron chi connectivity index (χ3n) is 4.56. The van der Waals surface area contributed by atoms with Crippen molar-refractivity contribution in [2.45, 2.75) is 13.0 Å². The number of halogens is 1. The summed E-state index contributed by atoms with van der Waals surface area (Å²) in [7, 11) is 0. The van der Waals surface area contributed by atoms with Gasteiger partial charge in [0.25, 0.3) is 5.91 Å². The van der Waals surface area contributed by atoms with Crippen LogP contribution in [0.1, 0.15) is 28.9 Å². The molecule has 4 rings (SSSR count). The van der Waals surface area contributed by atoms with E-state index in [9.17, 15) is 9.18 Å². The van der Waals surface area contributed by atoms with Crippen LogP contribution in [0.4, 0.5) is 4.39 Å². The first kappa shape index (κ1) is 17.7. The minimum Gasteiger partial charge on any atom is -0.345 e. The van der Waals surface area contributed by atoms with E-state index in [1.165, 1.54) is 18.3 Å². The standard InChI is InChI=1S/C21H18FN5O/c1-14(15-4-8-18(9-5-15)27-11-10-23-13-27)25-21(28)19-12-24-26-20(19)16-2-6-17(22)7-3-16/h2-14H,1H3,(H,24,26)(H,25,28). The van der Waals surface area contributed by atoms with Crippen molar-refractivity contribution in [3.8, 4) is 16.9 Å². The van der Waals surface area contributed by atoms with Gasteiger partial charge in [0.15, 0.2) is 0 Å². The lowest BCUT2D eigenvalue weighted by Gasteiger charge is -2.15. The molecule has 2 aromatic heterocycles. The molecule has 1 atom stereocenters. The monoisotopic (exact) mass is 375 g/mol. The number of benzene rings is 2. The van der Waals surface area contributed by atoms with Crippen LogP contribution in [0.25, 0.3) is 16.9 Å². The molecule has 1 amide bonds. The second kappa shape index (κ2) is 7.48. The third kappa shape index (κ3) is 3.55. The maximum Gasteiger partial charge on any atom is 0.255 e. The van der Waals surface area contributed by atoms with Gasteiger partial charge in [-0.2, -0.15) is 5.10 Å². The van der Waals surface area contributed by atoms with E-state index < -0.39 is 0 Å². The number of hydrogen-bond donors (Lipinski definition) is 2. The average Bonchev–Trinajstić information content (AvgIpc) is 3.41. The Morgan fingerprint density at radius 3 is 2.57 bits per heavy atom. The molecule has 0 radical (unpaired) electrons. The van der Waals surface area contributed by atoms with Gasteiger partial charge in [0.05, 0.1) is 29.8 Å². The Morgan fingerprint density at radius 1 is 1.14 bits per heavy atom. The first-order valence-corrected chi connectivity index (χ1v) is 8.80. The van der Waals surface area contributed by atoms with Crippen molar-refractivity contribution in [1.29, 1.82) is 0 Å². The predicted octanol–water partition coefficient (Wildman–Crippen LogP) is 3.89. The summed E-state index contributed by atoms with van der Waals surface area (Å²) in [5.41, 5.74) is 3.63. The normalized spacial score (nSPS) is 11.9. The van der Waals surface area contributed by atoms with E-state index in [0.717, 1.165) is 11.3 Å². The largest absolute Gasteiger partial charge is 0.345 e. The summed E-state index contributed by atoms with van der Waals surface area (Å²) in [5.74, 6) is -0.582. The molecule has 28 heavy (non-hydrogen) atoms. The number of nitrogens with one attached hydrogen (secondary N) is 2. The van der Waals surface area contributed by atoms with E-state index in [1.54, 1.807) is 24.7 Å². The molecular weight excluding hydrogens is 357 g/mol. The first-order valence-electron chi connectivity index (χ1n) is 8.80. The number of amides is 1. The first-order chi connectivity index (χ1) is 13.6. The Bertz CT molecular complexity index is 1070. The van der Waals surface area contributed by atoms with Gasteiger partial charge in [-0.25, -0.2) is 9.37 Å². The highest BCUT2D eigenvalue weighted by Crippen LogP contribution is 2.22. The van der Waals surface area contributed by atoms with Crippen LogP contribution >= 0.6 is 0 Å². The van der Waals surface area contributed by atoms with Crippen LogP contribution in [0, 0.1) is 5.82 Å². The van der Waals surface area contributed by atoms with Crippen molar-refractivity contribution < 1.29 is 9.18 Å². The molecule has 4 aromatic rings. The number of aromatic nitrogens is 4. The molecule has 0 aliphatic heterocycles. The van der Waals surface area contributed by atoms with Crippen LogP contribution < -0.4 is 5.32 Å². The van der Waals surface area contributed by atoms with Crippen molar-refractivity contribution in [2.75, 3.05) is 0 Å². The van der Waals surface area contributed by atoms with E-state index in [4.69, 9.17) is 0 Å². The summed E-state index contributed by atoms with van der Waals surface area (Å²) in [5, 5.41) is 9.77. The molecule has 1 unspecified atom stereocenters. The molecule has 0 bridgehead atoms. The van der Waals surface area contributed by atoms with E-state index in [2.05, 4.69) is 20.5 Å². The molecule has 0 saturated carbocycles. The fourth-order valence-electron chi connectivity index (χ4n) is 3.00. The van der Waals surface area contributed by atoms with Gasteiger partial charge >= 0.3 is 0 Å². The molecule has 0 aliphatic carbocycles. The summed E-state index contributed by atoms with van der Waals surface area (Å²) in [6.07, 6.45) is 6.80. The Morgan fingerprint density at radius 2 is 1.89 bits per heavy atom. The van der Waals surface area contributed by atoms with Crippen molar-refractivity contribution in [3.05, 3.63) is 90.4 Å². The summed E-state index contributed by atoms with van der Waals surface area (Å²) < 4.78 is 15.1. The zero-order chi connectivity index (χ0) is 19.5. The number of rotatable bonds is 5. The minimum absolute atomic E-state index is 0.194. The second-order valence-electron chi connectivity index (χ2n) is 6.42. The number of aromatic amines is 1. The van der Waals surface area contributed by atoms with Crippen LogP contribution in [0.2, 0.25) is 0 Å². The minimum atomic E-state index is -0.331. The van der Waals surface area contributed by atoms with Crippen LogP contribution in [-0.2, 0) is 0 Å². The number of imidazole rings is 1. The molecule has 140 valence electrons. The molecule has 6 nitrogen and oxygen atoms in total. The van der Waals surface area contributed by atoms with Crippen molar-refractivity contribution in [1.82, 2.24) is 25.1 Å². The Labute approximate surface area is 161 Å². The SMILES string of the molecule is CC(NC(=O)c1cn[nH]c1-c1ccc(F)cc1)c1ccc(-n2ccnc2)cc1. The van der Waals surface area contributed by atoms with Gasteiger partial charge < -0.3 is 9.88 Å². The smallest absolute Gasteiger partial charge is 0.255 e. The molecule has 2 aromatic carbocycles. The van der Waals surface area contributed by atoms with Gasteiger partial charge in [-0.1, -0.05) is 12.1 Å². The summed E-state index contributed by atoms with van der Waals surface area (Å²) in [6.45, 7) is 1.92. The van der Waals surface area contributed by atoms with E-state index in [1.807, 2.05) is 42.0 Å². The van der Waals surface area contributed by atoms with Crippen molar-refractivity contribution in [3.63, 3.8) is 0 Å². The third-order valence-corrected chi connectivity index (χ3v) is 4.56. The topological polar surface area (TPSA) is 75.6 Å². The Balaban J connectivity index is 1.49. The highest BCUT2D eigenvalue weighted by atomic mass is 19.1. The predicted molar refractivity (Wildman–Crippen MR) is 103 cm³/mol. The van der Waals surface area contributed by atoms with Crippen molar-refractivity contribution >= 4 is 5.91 Å². The zero-order valence-corrected chi connectivity index (χ0v) is 15.1. The molecule has 0 aliphatic rings. The highest BCUT2D eigenvalue weighted by Gasteiger charge is 2.18. The van der Waals surface area contributed by atoms with Crippen LogP contribution in [-0.4, -0.2) is 25.7 Å². The Kier molecular flexibility index (Phi) is 4.72. The fraction of sp³-hybridized carbons (Fsp3) is 0.0952. The van der Waals surface area contributed by atoms with E-state index in [-0.39, 0.29) is 17.8 Å². The van der Waals surface area contributed by atoms with Gasteiger partial charge in [0, 0.05) is 23.6 Å². The molecule has 2 heterocycles. The Hall–Kier alpha value is -3.74. The van der Waals surface area contributed by atoms with Crippen LogP contribution in [0.3, 0.4) is 0 Å². The second-order valence-corrected chi connectivity index (χ2v) is 6.42. The number of H-pyrrole nitrogens is 1. The molecule has 0 spiro atoms. The maximum absolute atomic E-state index is 13.2. The zero-order valence-electron chi connectivity index (χ0n) is 15.1. The number of hydrogen-bond acceptors (Lipinski definition) is 3. The number of carbonyl (C=O) groups excluding carboxylic acids is 1. The van der Waals surface area contributed by atoms with Crippen molar-refractivity contribution in [2.24, 2.45) is 0 Å². The van der Waals surface area contributed by atoms with Gasteiger partial charge in [-0.3, -0.25) is 9.89 Å². The van der Waals surface area contributed by atoms with Gasteiger partial charge in [-0.05, 0) is 48.9 Å². The highest BCUT2D eigenvalue weighted by molar-refractivity contribution is 5.99. The lowest BCUT2D eigenvalue weighted by atomic mass is 10.1. The van der Waals surface area contributed by atoms with Gasteiger partial charge in [0.2, 0.25) is 0 Å². The average molecular weight is 375 g/mol. The molecule has 0 fully saturated rings. The fourth-order valence-corrected chi connectivity index (χ4v) is 3.00. The lowest BCUT2D eigenvalue weighted by molar-refractivity contribution is 0.0940. The molecule has 0 saturated heterocycles. The summed E-state index contributed by atoms with van der Waals surface area (Å²) in [6, 6.07) is 13.6. The van der Waals surface area contributed by atoms with Crippen LogP contribution in [0.5, 0.6) is 0 Å². The van der Waals surface area contributed by atoms with E-state index in [0.29, 0.717) is 16.8 Å². The van der Waals surface area contributed by atoms with E-state index >= 15 is 0 Å². The lowest BCUT2D eigenvalue weighted by Crippen LogP contribution is -2.26. The van der Waals surface area contributed by atoms with Crippen LogP contribution in [0.15, 0.2) is 73.4 Å². The van der Waals surface area contributed by atoms with Gasteiger partial charge in [0.1, 0.15) is 5.82 Å². The maximum atomic E-state index is 13.2. The number of carbonyl (C=O) groups is 1. The van der Waals surface area contributed by atoms with Gasteiger partial charge in [-0.15, -0.1) is 0 Å². The molecule has 2 N–H and O–H groups in total.